The maximum atomic E-state index is 5.27. The van der Waals surface area contributed by atoms with Crippen molar-refractivity contribution in [3.63, 3.8) is 0 Å². The van der Waals surface area contributed by atoms with E-state index in [1.54, 1.807) is 13.4 Å². The average Bonchev–Trinajstić information content (AvgIpc) is 2.27. The van der Waals surface area contributed by atoms with Crippen molar-refractivity contribution in [1.29, 1.82) is 0 Å². The van der Waals surface area contributed by atoms with Gasteiger partial charge in [0.25, 0.3) is 0 Å². The lowest BCUT2D eigenvalue weighted by Crippen LogP contribution is -1.96. The topological polar surface area (TPSA) is 47.0 Å². The molecule has 0 saturated carbocycles. The van der Waals surface area contributed by atoms with Crippen molar-refractivity contribution in [2.75, 3.05) is 19.5 Å². The Balaban J connectivity index is 2.76. The molecule has 1 N–H and O–H groups in total. The van der Waals surface area contributed by atoms with Gasteiger partial charge in [-0.05, 0) is 24.6 Å². The van der Waals surface area contributed by atoms with Crippen LogP contribution >= 0.6 is 0 Å². The van der Waals surface area contributed by atoms with Gasteiger partial charge in [0.05, 0.1) is 12.6 Å². The molecule has 0 aliphatic rings. The molecular weight excluding hydrogens is 190 g/mol. The first-order valence-electron chi connectivity index (χ1n) is 4.73. The first kappa shape index (κ1) is 9.71. The van der Waals surface area contributed by atoms with E-state index in [1.807, 2.05) is 26.1 Å². The van der Waals surface area contributed by atoms with Gasteiger partial charge in [0.2, 0.25) is 0 Å². The third-order valence-electron chi connectivity index (χ3n) is 2.39. The number of rotatable bonds is 2. The largest absolute Gasteiger partial charge is 0.496 e. The molecule has 15 heavy (non-hydrogen) atoms. The van der Waals surface area contributed by atoms with Crippen molar-refractivity contribution in [2.45, 2.75) is 6.92 Å². The number of ether oxygens (including phenoxy) is 1. The van der Waals surface area contributed by atoms with Crippen LogP contribution in [0.25, 0.3) is 10.9 Å². The van der Waals surface area contributed by atoms with Crippen LogP contribution in [0, 0.1) is 6.92 Å². The molecule has 4 heteroatoms. The molecule has 0 radical (unpaired) electrons. The third-order valence-corrected chi connectivity index (χ3v) is 2.39. The Kier molecular flexibility index (Phi) is 2.41. The predicted molar refractivity (Wildman–Crippen MR) is 60.4 cm³/mol. The lowest BCUT2D eigenvalue weighted by atomic mass is 10.1. The normalized spacial score (nSPS) is 10.3. The van der Waals surface area contributed by atoms with Crippen molar-refractivity contribution < 1.29 is 4.74 Å². The van der Waals surface area contributed by atoms with Crippen molar-refractivity contribution in [3.8, 4) is 5.75 Å². The van der Waals surface area contributed by atoms with Crippen LogP contribution < -0.4 is 10.1 Å². The number of hydrogen-bond donors (Lipinski definition) is 1. The number of fused-ring (bicyclic) bond motifs is 1. The van der Waals surface area contributed by atoms with Gasteiger partial charge in [-0.2, -0.15) is 0 Å². The molecule has 0 aliphatic heterocycles. The van der Waals surface area contributed by atoms with Gasteiger partial charge in [0, 0.05) is 12.4 Å². The molecule has 0 fully saturated rings. The highest BCUT2D eigenvalue weighted by Crippen LogP contribution is 2.27. The first-order valence-corrected chi connectivity index (χ1v) is 4.73. The third kappa shape index (κ3) is 1.58. The minimum Gasteiger partial charge on any atom is -0.496 e. The molecule has 2 rings (SSSR count). The van der Waals surface area contributed by atoms with E-state index in [9.17, 15) is 0 Å². The highest BCUT2D eigenvalue weighted by atomic mass is 16.5. The van der Waals surface area contributed by atoms with Crippen LogP contribution in [0.2, 0.25) is 0 Å². The number of benzene rings is 1. The fourth-order valence-electron chi connectivity index (χ4n) is 1.61. The summed E-state index contributed by atoms with van der Waals surface area (Å²) >= 11 is 0. The second kappa shape index (κ2) is 3.73. The summed E-state index contributed by atoms with van der Waals surface area (Å²) in [6.45, 7) is 2.00. The summed E-state index contributed by atoms with van der Waals surface area (Å²) in [5.41, 5.74) is 2.00. The van der Waals surface area contributed by atoms with Gasteiger partial charge in [-0.3, -0.25) is 0 Å². The Morgan fingerprint density at radius 2 is 2.07 bits per heavy atom. The molecule has 0 saturated heterocycles. The van der Waals surface area contributed by atoms with E-state index in [2.05, 4.69) is 15.3 Å². The van der Waals surface area contributed by atoms with Crippen LogP contribution in [0.5, 0.6) is 5.75 Å². The summed E-state index contributed by atoms with van der Waals surface area (Å²) in [6, 6.07) is 3.95. The van der Waals surface area contributed by atoms with Crippen LogP contribution in [0.15, 0.2) is 18.5 Å². The van der Waals surface area contributed by atoms with Gasteiger partial charge in [-0.25, -0.2) is 9.97 Å². The smallest absolute Gasteiger partial charge is 0.137 e. The Hall–Kier alpha value is -1.84. The van der Waals surface area contributed by atoms with Gasteiger partial charge in [-0.1, -0.05) is 0 Å². The molecule has 4 nitrogen and oxygen atoms in total. The number of nitrogens with zero attached hydrogens (tertiary/aromatic N) is 2. The number of aromatic nitrogens is 2. The van der Waals surface area contributed by atoms with Crippen LogP contribution in [-0.4, -0.2) is 24.1 Å². The fourth-order valence-corrected chi connectivity index (χ4v) is 1.61. The summed E-state index contributed by atoms with van der Waals surface area (Å²) in [7, 11) is 3.51. The summed E-state index contributed by atoms with van der Waals surface area (Å²) in [6.07, 6.45) is 1.56. The second-order valence-corrected chi connectivity index (χ2v) is 3.31. The highest BCUT2D eigenvalue weighted by molar-refractivity contribution is 5.90. The average molecular weight is 203 g/mol. The quantitative estimate of drug-likeness (QED) is 0.810. The first-order chi connectivity index (χ1) is 7.26. The van der Waals surface area contributed by atoms with Gasteiger partial charge in [0.15, 0.2) is 0 Å². The van der Waals surface area contributed by atoms with Crippen LogP contribution in [0.1, 0.15) is 5.56 Å². The van der Waals surface area contributed by atoms with E-state index in [-0.39, 0.29) is 0 Å². The molecular formula is C11H13N3O. The molecule has 78 valence electrons. The molecule has 1 heterocycles. The van der Waals surface area contributed by atoms with Crippen LogP contribution in [0.4, 0.5) is 5.82 Å². The number of nitrogens with one attached hydrogen (secondary N) is 1. The standard InChI is InChI=1S/C11H13N3O/c1-7-4-9-8(5-10(7)15-3)11(12-2)14-6-13-9/h4-6H,1-3H3,(H,12,13,14). The zero-order valence-electron chi connectivity index (χ0n) is 9.03. The minimum atomic E-state index is 0.818. The molecule has 1 aromatic carbocycles. The molecule has 0 spiro atoms. The van der Waals surface area contributed by atoms with E-state index < -0.39 is 0 Å². The number of anilines is 1. The van der Waals surface area contributed by atoms with Gasteiger partial charge in [0.1, 0.15) is 17.9 Å². The van der Waals surface area contributed by atoms with E-state index in [0.717, 1.165) is 28.0 Å². The second-order valence-electron chi connectivity index (χ2n) is 3.31. The molecule has 2 aromatic rings. The van der Waals surface area contributed by atoms with E-state index in [1.165, 1.54) is 0 Å². The summed E-state index contributed by atoms with van der Waals surface area (Å²) in [5.74, 6) is 1.67. The van der Waals surface area contributed by atoms with Crippen LogP contribution in [0.3, 0.4) is 0 Å². The monoisotopic (exact) mass is 203 g/mol. The summed E-state index contributed by atoms with van der Waals surface area (Å²) in [4.78, 5) is 8.37. The van der Waals surface area contributed by atoms with Crippen molar-refractivity contribution in [1.82, 2.24) is 9.97 Å². The zero-order valence-corrected chi connectivity index (χ0v) is 9.03. The lowest BCUT2D eigenvalue weighted by molar-refractivity contribution is 0.412. The molecule has 0 bridgehead atoms. The SMILES string of the molecule is CNc1ncnc2cc(C)c(OC)cc12. The Morgan fingerprint density at radius 1 is 1.27 bits per heavy atom. The zero-order chi connectivity index (χ0) is 10.8. The molecule has 0 amide bonds. The lowest BCUT2D eigenvalue weighted by Gasteiger charge is -2.08. The van der Waals surface area contributed by atoms with Gasteiger partial charge < -0.3 is 10.1 Å². The van der Waals surface area contributed by atoms with E-state index in [0.29, 0.717) is 0 Å². The van der Waals surface area contributed by atoms with E-state index >= 15 is 0 Å². The Labute approximate surface area is 88.3 Å². The van der Waals surface area contributed by atoms with Crippen molar-refractivity contribution in [3.05, 3.63) is 24.0 Å². The number of aryl methyl sites for hydroxylation is 1. The number of methoxy groups -OCH3 is 1. The number of hydrogen-bond acceptors (Lipinski definition) is 4. The highest BCUT2D eigenvalue weighted by Gasteiger charge is 2.06. The van der Waals surface area contributed by atoms with Crippen molar-refractivity contribution >= 4 is 16.7 Å². The summed E-state index contributed by atoms with van der Waals surface area (Å²) in [5, 5.41) is 4.01. The molecule has 1 aromatic heterocycles. The minimum absolute atomic E-state index is 0.818. The fraction of sp³-hybridized carbons (Fsp3) is 0.273. The molecule has 0 unspecified atom stereocenters. The maximum absolute atomic E-state index is 5.27. The van der Waals surface area contributed by atoms with Gasteiger partial charge in [-0.15, -0.1) is 0 Å². The molecule has 0 aliphatic carbocycles. The van der Waals surface area contributed by atoms with Crippen molar-refractivity contribution in [2.24, 2.45) is 0 Å². The Bertz CT molecular complexity index is 496. The Morgan fingerprint density at radius 3 is 2.73 bits per heavy atom. The van der Waals surface area contributed by atoms with Gasteiger partial charge >= 0.3 is 0 Å². The summed E-state index contributed by atoms with van der Waals surface area (Å²) < 4.78 is 5.27. The van der Waals surface area contributed by atoms with Crippen LogP contribution in [-0.2, 0) is 0 Å². The maximum Gasteiger partial charge on any atom is 0.137 e. The van der Waals surface area contributed by atoms with E-state index in [4.69, 9.17) is 4.74 Å². The predicted octanol–water partition coefficient (Wildman–Crippen LogP) is 1.99. The molecule has 0 atom stereocenters.